The van der Waals surface area contributed by atoms with Crippen LogP contribution in [0.1, 0.15) is 34.6 Å². The molecule has 0 aromatic rings. The Morgan fingerprint density at radius 2 is 1.69 bits per heavy atom. The van der Waals surface area contributed by atoms with Crippen LogP contribution in [0.25, 0.3) is 0 Å². The lowest BCUT2D eigenvalue weighted by molar-refractivity contribution is 1.50. The van der Waals surface area contributed by atoms with Crippen molar-refractivity contribution in [2.24, 2.45) is 0 Å². The fourth-order valence-electron chi connectivity index (χ4n) is 0.375. The molecule has 0 aliphatic carbocycles. The zero-order valence-electron chi connectivity index (χ0n) is 9.59. The SMILES string of the molecule is C#C/C(C=C)=C/C=C\C.CC.CC. The zero-order valence-corrected chi connectivity index (χ0v) is 9.59. The van der Waals surface area contributed by atoms with E-state index in [-0.39, 0.29) is 0 Å². The molecule has 0 rings (SSSR count). The Bertz CT molecular complexity index is 175. The van der Waals surface area contributed by atoms with Gasteiger partial charge < -0.3 is 0 Å². The van der Waals surface area contributed by atoms with Crippen molar-refractivity contribution >= 4 is 0 Å². The molecule has 0 fully saturated rings. The summed E-state index contributed by atoms with van der Waals surface area (Å²) in [7, 11) is 0. The minimum atomic E-state index is 0.813. The van der Waals surface area contributed by atoms with Gasteiger partial charge in [0.05, 0.1) is 0 Å². The van der Waals surface area contributed by atoms with Crippen LogP contribution in [0.4, 0.5) is 0 Å². The molecular weight excluding hydrogens is 156 g/mol. The summed E-state index contributed by atoms with van der Waals surface area (Å²) in [6.07, 6.45) is 12.4. The first-order chi connectivity index (χ1) is 6.35. The van der Waals surface area contributed by atoms with E-state index in [9.17, 15) is 0 Å². The second-order valence-corrected chi connectivity index (χ2v) is 1.50. The highest BCUT2D eigenvalue weighted by atomic mass is 13.8. The largest absolute Gasteiger partial charge is 0.115 e. The monoisotopic (exact) mass is 178 g/mol. The van der Waals surface area contributed by atoms with Crippen LogP contribution in [0.5, 0.6) is 0 Å². The number of hydrogen-bond donors (Lipinski definition) is 0. The highest BCUT2D eigenvalue weighted by Gasteiger charge is 1.75. The van der Waals surface area contributed by atoms with Gasteiger partial charge in [-0.3, -0.25) is 0 Å². The van der Waals surface area contributed by atoms with Gasteiger partial charge in [-0.25, -0.2) is 0 Å². The van der Waals surface area contributed by atoms with Gasteiger partial charge in [-0.05, 0) is 13.0 Å². The summed E-state index contributed by atoms with van der Waals surface area (Å²) in [5.41, 5.74) is 0.813. The molecule has 0 amide bonds. The second-order valence-electron chi connectivity index (χ2n) is 1.50. The Hall–Kier alpha value is -1.22. The summed E-state index contributed by atoms with van der Waals surface area (Å²) in [6, 6.07) is 0. The maximum Gasteiger partial charge on any atom is 0.0236 e. The number of rotatable bonds is 2. The molecule has 0 saturated heterocycles. The maximum atomic E-state index is 5.10. The smallest absolute Gasteiger partial charge is 0.0236 e. The number of allylic oxidation sites excluding steroid dienone is 5. The first-order valence-corrected chi connectivity index (χ1v) is 4.77. The van der Waals surface area contributed by atoms with Crippen molar-refractivity contribution in [3.05, 3.63) is 36.5 Å². The van der Waals surface area contributed by atoms with E-state index in [4.69, 9.17) is 6.42 Å². The second kappa shape index (κ2) is 22.4. The summed E-state index contributed by atoms with van der Waals surface area (Å²) in [4.78, 5) is 0. The van der Waals surface area contributed by atoms with Crippen LogP contribution in [0.3, 0.4) is 0 Å². The molecule has 0 N–H and O–H groups in total. The van der Waals surface area contributed by atoms with E-state index in [1.807, 2.05) is 52.8 Å². The Kier molecular flexibility index (Phi) is 30.6. The van der Waals surface area contributed by atoms with E-state index in [1.54, 1.807) is 6.08 Å². The van der Waals surface area contributed by atoms with Crippen molar-refractivity contribution in [2.75, 3.05) is 0 Å². The van der Waals surface area contributed by atoms with Gasteiger partial charge in [0.25, 0.3) is 0 Å². The maximum absolute atomic E-state index is 5.10. The van der Waals surface area contributed by atoms with Crippen molar-refractivity contribution in [1.82, 2.24) is 0 Å². The summed E-state index contributed by atoms with van der Waals surface area (Å²) in [6.45, 7) is 13.5. The van der Waals surface area contributed by atoms with E-state index in [0.29, 0.717) is 0 Å². The van der Waals surface area contributed by atoms with Gasteiger partial charge in [-0.1, -0.05) is 58.4 Å². The Labute approximate surface area is 84.1 Å². The third-order valence-corrected chi connectivity index (χ3v) is 0.855. The van der Waals surface area contributed by atoms with E-state index < -0.39 is 0 Å². The fourth-order valence-corrected chi connectivity index (χ4v) is 0.375. The average Bonchev–Trinajstić information content (AvgIpc) is 2.25. The van der Waals surface area contributed by atoms with Crippen molar-refractivity contribution in [3.63, 3.8) is 0 Å². The van der Waals surface area contributed by atoms with Crippen molar-refractivity contribution in [2.45, 2.75) is 34.6 Å². The van der Waals surface area contributed by atoms with Crippen LogP contribution in [0.2, 0.25) is 0 Å². The summed E-state index contributed by atoms with van der Waals surface area (Å²) in [5.74, 6) is 2.48. The highest BCUT2D eigenvalue weighted by molar-refractivity contribution is 5.37. The molecule has 0 bridgehead atoms. The predicted molar refractivity (Wildman–Crippen MR) is 64.6 cm³/mol. The average molecular weight is 178 g/mol. The highest BCUT2D eigenvalue weighted by Crippen LogP contribution is 1.91. The Morgan fingerprint density at radius 1 is 1.23 bits per heavy atom. The number of hydrogen-bond acceptors (Lipinski definition) is 0. The van der Waals surface area contributed by atoms with E-state index in [0.717, 1.165) is 5.57 Å². The first-order valence-electron chi connectivity index (χ1n) is 4.77. The van der Waals surface area contributed by atoms with Gasteiger partial charge in [0, 0.05) is 5.57 Å². The lowest BCUT2D eigenvalue weighted by Crippen LogP contribution is -1.65. The molecule has 0 nitrogen and oxygen atoms in total. The minimum Gasteiger partial charge on any atom is -0.115 e. The molecule has 0 spiro atoms. The van der Waals surface area contributed by atoms with Crippen LogP contribution >= 0.6 is 0 Å². The summed E-state index contributed by atoms with van der Waals surface area (Å²) in [5, 5.41) is 0. The first kappa shape index (κ1) is 17.8. The van der Waals surface area contributed by atoms with Crippen molar-refractivity contribution in [1.29, 1.82) is 0 Å². The molecule has 0 aromatic carbocycles. The Morgan fingerprint density at radius 3 is 1.92 bits per heavy atom. The molecule has 0 heterocycles. The van der Waals surface area contributed by atoms with Gasteiger partial charge in [0.2, 0.25) is 0 Å². The quantitative estimate of drug-likeness (QED) is 0.435. The molecule has 74 valence electrons. The summed E-state index contributed by atoms with van der Waals surface area (Å²) >= 11 is 0. The Balaban J connectivity index is -0.000000218. The standard InChI is InChI=1S/C9H10.2C2H6/c1-4-7-8-9(5-2)6-3;2*1-2/h2,4,6-8H,3H2,1H3;2*1-2H3/b7-4-,9-8-;;. The predicted octanol–water partition coefficient (Wildman–Crippen LogP) is 4.36. The van der Waals surface area contributed by atoms with E-state index in [1.165, 1.54) is 0 Å². The molecule has 0 radical (unpaired) electrons. The van der Waals surface area contributed by atoms with Crippen LogP contribution < -0.4 is 0 Å². The van der Waals surface area contributed by atoms with Crippen molar-refractivity contribution < 1.29 is 0 Å². The molecule has 0 atom stereocenters. The van der Waals surface area contributed by atoms with E-state index >= 15 is 0 Å². The van der Waals surface area contributed by atoms with Crippen LogP contribution in [0, 0.1) is 12.3 Å². The van der Waals surface area contributed by atoms with Crippen LogP contribution in [-0.2, 0) is 0 Å². The molecular formula is C13H22. The lowest BCUT2D eigenvalue weighted by Gasteiger charge is -1.81. The van der Waals surface area contributed by atoms with Crippen molar-refractivity contribution in [3.8, 4) is 12.3 Å². The fraction of sp³-hybridized carbons (Fsp3) is 0.385. The van der Waals surface area contributed by atoms with Gasteiger partial charge in [-0.2, -0.15) is 0 Å². The molecule has 0 aliphatic rings. The minimum absolute atomic E-state index is 0.813. The zero-order chi connectivity index (χ0) is 11.1. The third-order valence-electron chi connectivity index (χ3n) is 0.855. The lowest BCUT2D eigenvalue weighted by atomic mass is 10.2. The topological polar surface area (TPSA) is 0 Å². The molecule has 0 aromatic heterocycles. The van der Waals surface area contributed by atoms with E-state index in [2.05, 4.69) is 12.5 Å². The molecule has 13 heavy (non-hydrogen) atoms. The molecule has 0 aliphatic heterocycles. The molecule has 0 unspecified atom stereocenters. The van der Waals surface area contributed by atoms with Gasteiger partial charge in [0.1, 0.15) is 0 Å². The van der Waals surface area contributed by atoms with Gasteiger partial charge in [-0.15, -0.1) is 6.42 Å². The molecule has 0 saturated carbocycles. The summed E-state index contributed by atoms with van der Waals surface area (Å²) < 4.78 is 0. The molecule has 0 heteroatoms. The number of terminal acetylenes is 1. The van der Waals surface area contributed by atoms with Crippen LogP contribution in [0.15, 0.2) is 36.5 Å². The van der Waals surface area contributed by atoms with Gasteiger partial charge in [0.15, 0.2) is 0 Å². The van der Waals surface area contributed by atoms with Crippen LogP contribution in [-0.4, -0.2) is 0 Å². The third kappa shape index (κ3) is 18.1. The van der Waals surface area contributed by atoms with Gasteiger partial charge >= 0.3 is 0 Å². The normalized spacial score (nSPS) is 8.77.